The second-order valence-electron chi connectivity index (χ2n) is 9.04. The first-order valence-corrected chi connectivity index (χ1v) is 11.7. The number of rotatable bonds is 1. The average Bonchev–Trinajstić information content (AvgIpc) is 3.46. The smallest absolute Gasteiger partial charge is 0.0627 e. The van der Waals surface area contributed by atoms with E-state index in [0.717, 1.165) is 0 Å². The summed E-state index contributed by atoms with van der Waals surface area (Å²) in [5.41, 5.74) is 6.08. The number of benzene rings is 6. The van der Waals surface area contributed by atoms with Crippen LogP contribution >= 0.6 is 0 Å². The molecule has 2 heterocycles. The molecule has 34 heavy (non-hydrogen) atoms. The van der Waals surface area contributed by atoms with E-state index in [-0.39, 0.29) is 0 Å². The fourth-order valence-corrected chi connectivity index (χ4v) is 5.91. The monoisotopic (exact) mass is 432 g/mol. The number of hydrogen-bond acceptors (Lipinski definition) is 0. The molecule has 2 heteroatoms. The molecule has 0 saturated carbocycles. The summed E-state index contributed by atoms with van der Waals surface area (Å²) in [6.45, 7) is 0. The number of nitrogens with one attached hydrogen (secondary N) is 1. The Balaban J connectivity index is 1.81. The molecule has 1 N–H and O–H groups in total. The third-order valence-corrected chi connectivity index (χ3v) is 7.28. The van der Waals surface area contributed by atoms with Gasteiger partial charge in [-0.25, -0.2) is 0 Å². The molecular formula is C32H20N2. The van der Waals surface area contributed by atoms with E-state index in [1.165, 1.54) is 70.8 Å². The summed E-state index contributed by atoms with van der Waals surface area (Å²) in [5.74, 6) is 0. The predicted molar refractivity (Wildman–Crippen MR) is 145 cm³/mol. The lowest BCUT2D eigenvalue weighted by Gasteiger charge is -2.10. The van der Waals surface area contributed by atoms with Crippen LogP contribution in [0.5, 0.6) is 0 Å². The van der Waals surface area contributed by atoms with Gasteiger partial charge in [-0.1, -0.05) is 91.0 Å². The topological polar surface area (TPSA) is 20.7 Å². The quantitative estimate of drug-likeness (QED) is 0.268. The first-order valence-electron chi connectivity index (χ1n) is 11.7. The fourth-order valence-electron chi connectivity index (χ4n) is 5.91. The van der Waals surface area contributed by atoms with Crippen LogP contribution in [-0.4, -0.2) is 9.55 Å². The number of hydrogen-bond donors (Lipinski definition) is 1. The predicted octanol–water partition coefficient (Wildman–Crippen LogP) is 8.72. The lowest BCUT2D eigenvalue weighted by molar-refractivity contribution is 1.19. The largest absolute Gasteiger partial charge is 0.354 e. The van der Waals surface area contributed by atoms with Gasteiger partial charge in [0, 0.05) is 43.5 Å². The van der Waals surface area contributed by atoms with Gasteiger partial charge in [0.25, 0.3) is 0 Å². The van der Waals surface area contributed by atoms with Crippen LogP contribution in [0.3, 0.4) is 0 Å². The van der Waals surface area contributed by atoms with Gasteiger partial charge in [-0.15, -0.1) is 0 Å². The standard InChI is InChI=1S/C32H20N2/c1-2-11-21(12-3-1)34-27-19-18-20-10-4-5-13-22(20)28(27)30-29-25-16-8-9-17-26(25)33-31(29)23-14-6-7-15-24(23)32(30)34/h1-19,33H. The maximum atomic E-state index is 3.77. The van der Waals surface area contributed by atoms with Crippen LogP contribution in [-0.2, 0) is 0 Å². The minimum Gasteiger partial charge on any atom is -0.354 e. The van der Waals surface area contributed by atoms with Crippen molar-refractivity contribution in [3.05, 3.63) is 115 Å². The molecule has 158 valence electrons. The van der Waals surface area contributed by atoms with Crippen LogP contribution in [0.2, 0.25) is 0 Å². The van der Waals surface area contributed by atoms with E-state index in [4.69, 9.17) is 0 Å². The first-order chi connectivity index (χ1) is 16.9. The lowest BCUT2D eigenvalue weighted by atomic mass is 9.97. The van der Waals surface area contributed by atoms with Crippen molar-refractivity contribution < 1.29 is 0 Å². The highest BCUT2D eigenvalue weighted by Crippen LogP contribution is 2.46. The van der Waals surface area contributed by atoms with Crippen LogP contribution in [0.25, 0.3) is 70.8 Å². The molecule has 0 saturated heterocycles. The molecule has 2 aromatic heterocycles. The Hall–Kier alpha value is -4.56. The lowest BCUT2D eigenvalue weighted by Crippen LogP contribution is -1.94. The van der Waals surface area contributed by atoms with E-state index in [9.17, 15) is 0 Å². The summed E-state index contributed by atoms with van der Waals surface area (Å²) in [4.78, 5) is 3.77. The van der Waals surface area contributed by atoms with Crippen LogP contribution in [0.15, 0.2) is 115 Å². The Bertz CT molecular complexity index is 2060. The van der Waals surface area contributed by atoms with Crippen LogP contribution in [0, 0.1) is 0 Å². The number of aromatic amines is 1. The van der Waals surface area contributed by atoms with Gasteiger partial charge < -0.3 is 9.55 Å². The number of fused-ring (bicyclic) bond motifs is 12. The molecule has 0 radical (unpaired) electrons. The molecule has 6 aromatic carbocycles. The molecule has 0 amide bonds. The van der Waals surface area contributed by atoms with Crippen LogP contribution < -0.4 is 0 Å². The van der Waals surface area contributed by atoms with Gasteiger partial charge in [-0.05, 0) is 35.0 Å². The van der Waals surface area contributed by atoms with Gasteiger partial charge in [0.1, 0.15) is 0 Å². The van der Waals surface area contributed by atoms with E-state index in [1.807, 2.05) is 0 Å². The Morgan fingerprint density at radius 2 is 1.15 bits per heavy atom. The van der Waals surface area contributed by atoms with E-state index < -0.39 is 0 Å². The molecule has 0 spiro atoms. The maximum absolute atomic E-state index is 3.77. The number of para-hydroxylation sites is 2. The normalized spacial score (nSPS) is 12.1. The van der Waals surface area contributed by atoms with E-state index in [0.29, 0.717) is 0 Å². The number of aromatic nitrogens is 2. The van der Waals surface area contributed by atoms with Gasteiger partial charge in [0.05, 0.1) is 16.6 Å². The van der Waals surface area contributed by atoms with Gasteiger partial charge in [-0.3, -0.25) is 0 Å². The van der Waals surface area contributed by atoms with Gasteiger partial charge in [-0.2, -0.15) is 0 Å². The van der Waals surface area contributed by atoms with E-state index in [2.05, 4.69) is 125 Å². The molecule has 0 bridgehead atoms. The van der Waals surface area contributed by atoms with E-state index in [1.54, 1.807) is 0 Å². The zero-order chi connectivity index (χ0) is 22.2. The SMILES string of the molecule is c1ccc(-n2c3ccc4ccccc4c3c3c4c5ccccc5[nH]c4c4ccccc4c32)cc1. The highest BCUT2D eigenvalue weighted by Gasteiger charge is 2.22. The Morgan fingerprint density at radius 1 is 0.471 bits per heavy atom. The minimum absolute atomic E-state index is 1.18. The van der Waals surface area contributed by atoms with Gasteiger partial charge in [0.15, 0.2) is 0 Å². The van der Waals surface area contributed by atoms with Crippen molar-refractivity contribution in [3.63, 3.8) is 0 Å². The Morgan fingerprint density at radius 3 is 2.00 bits per heavy atom. The summed E-state index contributed by atoms with van der Waals surface area (Å²) in [6.07, 6.45) is 0. The molecule has 0 atom stereocenters. The average molecular weight is 433 g/mol. The highest BCUT2D eigenvalue weighted by molar-refractivity contribution is 6.39. The molecule has 0 aliphatic carbocycles. The van der Waals surface area contributed by atoms with Crippen molar-refractivity contribution in [1.29, 1.82) is 0 Å². The molecular weight excluding hydrogens is 412 g/mol. The molecule has 8 aromatic rings. The van der Waals surface area contributed by atoms with Crippen LogP contribution in [0.1, 0.15) is 0 Å². The first kappa shape index (κ1) is 17.9. The molecule has 0 fully saturated rings. The van der Waals surface area contributed by atoms with Crippen molar-refractivity contribution in [2.24, 2.45) is 0 Å². The molecule has 0 aliphatic rings. The van der Waals surface area contributed by atoms with Gasteiger partial charge >= 0.3 is 0 Å². The molecule has 8 rings (SSSR count). The Kier molecular flexibility index (Phi) is 3.42. The summed E-state index contributed by atoms with van der Waals surface area (Å²) in [6, 6.07) is 41.6. The Labute approximate surface area is 195 Å². The summed E-state index contributed by atoms with van der Waals surface area (Å²) >= 11 is 0. The van der Waals surface area contributed by atoms with Gasteiger partial charge in [0.2, 0.25) is 0 Å². The van der Waals surface area contributed by atoms with Crippen molar-refractivity contribution in [2.45, 2.75) is 0 Å². The minimum atomic E-state index is 1.18. The third kappa shape index (κ3) is 2.20. The number of nitrogens with zero attached hydrogens (tertiary/aromatic N) is 1. The zero-order valence-corrected chi connectivity index (χ0v) is 18.4. The van der Waals surface area contributed by atoms with Crippen molar-refractivity contribution in [3.8, 4) is 5.69 Å². The second-order valence-corrected chi connectivity index (χ2v) is 9.04. The summed E-state index contributed by atoms with van der Waals surface area (Å²) in [7, 11) is 0. The van der Waals surface area contributed by atoms with Crippen molar-refractivity contribution in [1.82, 2.24) is 9.55 Å². The molecule has 0 aliphatic heterocycles. The summed E-state index contributed by atoms with van der Waals surface area (Å²) < 4.78 is 2.46. The molecule has 2 nitrogen and oxygen atoms in total. The fraction of sp³-hybridized carbons (Fsp3) is 0. The second kappa shape index (κ2) is 6.49. The highest BCUT2D eigenvalue weighted by atomic mass is 15.0. The van der Waals surface area contributed by atoms with E-state index >= 15 is 0 Å². The maximum Gasteiger partial charge on any atom is 0.0627 e. The summed E-state index contributed by atoms with van der Waals surface area (Å²) in [5, 5.41) is 10.3. The zero-order valence-electron chi connectivity index (χ0n) is 18.4. The molecule has 0 unspecified atom stereocenters. The van der Waals surface area contributed by atoms with Crippen molar-refractivity contribution in [2.75, 3.05) is 0 Å². The van der Waals surface area contributed by atoms with Crippen molar-refractivity contribution >= 4 is 65.2 Å². The number of H-pyrrole nitrogens is 1. The third-order valence-electron chi connectivity index (χ3n) is 7.28. The van der Waals surface area contributed by atoms with Crippen LogP contribution in [0.4, 0.5) is 0 Å².